The summed E-state index contributed by atoms with van der Waals surface area (Å²) in [5.74, 6) is 0.0563. The number of benzene rings is 1. The number of amides is 1. The third-order valence-electron chi connectivity index (χ3n) is 5.81. The Hall–Kier alpha value is -2.18. The van der Waals surface area contributed by atoms with E-state index in [0.29, 0.717) is 5.69 Å². The molecular weight excluding hydrogens is 380 g/mol. The van der Waals surface area contributed by atoms with Crippen molar-refractivity contribution in [2.75, 3.05) is 27.2 Å². The Bertz CT molecular complexity index is 1020. The number of nitrogens with one attached hydrogen (secondary N) is 1. The third-order valence-corrected chi connectivity index (χ3v) is 6.59. The number of nitrogens with zero attached hydrogens (tertiary/aromatic N) is 3. The van der Waals surface area contributed by atoms with E-state index in [-0.39, 0.29) is 11.9 Å². The number of aromatic amines is 1. The molecule has 1 atom stereocenters. The van der Waals surface area contributed by atoms with E-state index in [9.17, 15) is 4.79 Å². The van der Waals surface area contributed by atoms with Gasteiger partial charge >= 0.3 is 0 Å². The number of hydrogen-bond donors (Lipinski definition) is 1. The quantitative estimate of drug-likeness (QED) is 0.640. The SMILES string of the molecule is Cc1ccc2[nH]c3c(c2c1)CCCC3N(CCCN(C)C)C(=O)c1csc(C)n1. The van der Waals surface area contributed by atoms with E-state index in [4.69, 9.17) is 0 Å². The first-order valence-corrected chi connectivity index (χ1v) is 11.3. The molecule has 1 unspecified atom stereocenters. The summed E-state index contributed by atoms with van der Waals surface area (Å²) in [6, 6.07) is 6.68. The second kappa shape index (κ2) is 8.28. The molecule has 1 aliphatic rings. The number of rotatable bonds is 6. The van der Waals surface area contributed by atoms with Gasteiger partial charge in [0.1, 0.15) is 5.69 Å². The van der Waals surface area contributed by atoms with Gasteiger partial charge in [-0.3, -0.25) is 4.79 Å². The number of carbonyl (C=O) groups excluding carboxylic acids is 1. The van der Waals surface area contributed by atoms with Crippen LogP contribution in [0.25, 0.3) is 10.9 Å². The van der Waals surface area contributed by atoms with Crippen molar-refractivity contribution in [1.82, 2.24) is 19.8 Å². The first kappa shape index (κ1) is 20.1. The molecule has 2 aromatic heterocycles. The molecule has 1 N–H and O–H groups in total. The molecule has 0 radical (unpaired) electrons. The minimum absolute atomic E-state index is 0.0563. The molecule has 3 aromatic rings. The number of aryl methyl sites for hydroxylation is 3. The highest BCUT2D eigenvalue weighted by Gasteiger charge is 2.32. The molecule has 2 heterocycles. The summed E-state index contributed by atoms with van der Waals surface area (Å²) in [4.78, 5) is 25.8. The molecule has 29 heavy (non-hydrogen) atoms. The molecule has 1 amide bonds. The number of H-pyrrole nitrogens is 1. The fourth-order valence-corrected chi connectivity index (χ4v) is 5.02. The predicted octanol–water partition coefficient (Wildman–Crippen LogP) is 4.71. The van der Waals surface area contributed by atoms with Gasteiger partial charge in [0, 0.05) is 28.5 Å². The van der Waals surface area contributed by atoms with Gasteiger partial charge in [0.05, 0.1) is 11.0 Å². The summed E-state index contributed by atoms with van der Waals surface area (Å²) >= 11 is 1.54. The van der Waals surface area contributed by atoms with E-state index in [1.54, 1.807) is 11.3 Å². The highest BCUT2D eigenvalue weighted by molar-refractivity contribution is 7.09. The number of carbonyl (C=O) groups is 1. The van der Waals surface area contributed by atoms with Crippen LogP contribution in [-0.2, 0) is 6.42 Å². The molecule has 0 saturated heterocycles. The zero-order valence-corrected chi connectivity index (χ0v) is 18.6. The van der Waals surface area contributed by atoms with Crippen molar-refractivity contribution in [3.05, 3.63) is 51.1 Å². The highest BCUT2D eigenvalue weighted by atomic mass is 32.1. The maximum Gasteiger partial charge on any atom is 0.273 e. The molecule has 1 aliphatic carbocycles. The summed E-state index contributed by atoms with van der Waals surface area (Å²) in [5.41, 5.74) is 5.65. The van der Waals surface area contributed by atoms with Crippen LogP contribution in [0.1, 0.15) is 57.6 Å². The van der Waals surface area contributed by atoms with Crippen LogP contribution in [0, 0.1) is 13.8 Å². The van der Waals surface area contributed by atoms with Gasteiger partial charge in [0.15, 0.2) is 0 Å². The van der Waals surface area contributed by atoms with E-state index in [1.165, 1.54) is 27.7 Å². The zero-order chi connectivity index (χ0) is 20.5. The van der Waals surface area contributed by atoms with Crippen LogP contribution in [0.3, 0.4) is 0 Å². The molecule has 0 saturated carbocycles. The summed E-state index contributed by atoms with van der Waals surface area (Å²) in [7, 11) is 4.16. The molecule has 154 valence electrons. The van der Waals surface area contributed by atoms with Crippen LogP contribution in [0.5, 0.6) is 0 Å². The smallest absolute Gasteiger partial charge is 0.273 e. The Morgan fingerprint density at radius 1 is 1.28 bits per heavy atom. The Kier molecular flexibility index (Phi) is 5.74. The van der Waals surface area contributed by atoms with Crippen LogP contribution in [0.2, 0.25) is 0 Å². The van der Waals surface area contributed by atoms with Gasteiger partial charge in [-0.05, 0) is 77.9 Å². The van der Waals surface area contributed by atoms with E-state index in [2.05, 4.69) is 59.0 Å². The van der Waals surface area contributed by atoms with E-state index in [1.807, 2.05) is 12.3 Å². The molecular formula is C23H30N4OS. The molecule has 0 aliphatic heterocycles. The summed E-state index contributed by atoms with van der Waals surface area (Å²) in [5, 5.41) is 4.15. The van der Waals surface area contributed by atoms with Crippen LogP contribution in [-0.4, -0.2) is 52.9 Å². The van der Waals surface area contributed by atoms with Crippen LogP contribution in [0.4, 0.5) is 0 Å². The summed E-state index contributed by atoms with van der Waals surface area (Å²) < 4.78 is 0. The Morgan fingerprint density at radius 3 is 2.83 bits per heavy atom. The van der Waals surface area contributed by atoms with Crippen molar-refractivity contribution >= 4 is 28.1 Å². The van der Waals surface area contributed by atoms with Crippen molar-refractivity contribution in [1.29, 1.82) is 0 Å². The number of hydrogen-bond acceptors (Lipinski definition) is 4. The molecule has 0 fully saturated rings. The first-order valence-electron chi connectivity index (χ1n) is 10.4. The lowest BCUT2D eigenvalue weighted by molar-refractivity contribution is 0.0640. The van der Waals surface area contributed by atoms with Gasteiger partial charge in [-0.25, -0.2) is 4.98 Å². The molecule has 1 aromatic carbocycles. The Morgan fingerprint density at radius 2 is 2.10 bits per heavy atom. The monoisotopic (exact) mass is 410 g/mol. The number of aromatic nitrogens is 2. The topological polar surface area (TPSA) is 52.2 Å². The number of thiazole rings is 1. The Balaban J connectivity index is 1.71. The van der Waals surface area contributed by atoms with E-state index < -0.39 is 0 Å². The fraction of sp³-hybridized carbons (Fsp3) is 0.478. The highest BCUT2D eigenvalue weighted by Crippen LogP contribution is 2.39. The van der Waals surface area contributed by atoms with Gasteiger partial charge < -0.3 is 14.8 Å². The average molecular weight is 411 g/mol. The first-order chi connectivity index (χ1) is 13.9. The molecule has 0 spiro atoms. The van der Waals surface area contributed by atoms with Gasteiger partial charge in [-0.1, -0.05) is 11.6 Å². The average Bonchev–Trinajstić information content (AvgIpc) is 3.28. The standard InChI is InChI=1S/C23H30N4OS/c1-15-9-10-19-18(13-15)17-7-5-8-21(22(17)25-19)27(12-6-11-26(3)4)23(28)20-14-29-16(2)24-20/h9-10,13-14,21,25H,5-8,11-12H2,1-4H3. The predicted molar refractivity (Wildman–Crippen MR) is 120 cm³/mol. The van der Waals surface area contributed by atoms with E-state index >= 15 is 0 Å². The minimum atomic E-state index is 0.0563. The second-order valence-corrected chi connectivity index (χ2v) is 9.44. The zero-order valence-electron chi connectivity index (χ0n) is 17.8. The van der Waals surface area contributed by atoms with Gasteiger partial charge in [-0.15, -0.1) is 11.3 Å². The number of fused-ring (bicyclic) bond motifs is 3. The van der Waals surface area contributed by atoms with Crippen LogP contribution >= 0.6 is 11.3 Å². The lowest BCUT2D eigenvalue weighted by atomic mass is 9.90. The normalized spacial score (nSPS) is 16.4. The van der Waals surface area contributed by atoms with Crippen molar-refractivity contribution in [2.24, 2.45) is 0 Å². The molecule has 0 bridgehead atoms. The summed E-state index contributed by atoms with van der Waals surface area (Å²) in [6.07, 6.45) is 4.12. The summed E-state index contributed by atoms with van der Waals surface area (Å²) in [6.45, 7) is 5.80. The largest absolute Gasteiger partial charge is 0.356 e. The molecule has 5 nitrogen and oxygen atoms in total. The maximum absolute atomic E-state index is 13.5. The van der Waals surface area contributed by atoms with Crippen LogP contribution in [0.15, 0.2) is 23.6 Å². The fourth-order valence-electron chi connectivity index (χ4n) is 4.43. The second-order valence-electron chi connectivity index (χ2n) is 8.38. The third kappa shape index (κ3) is 4.09. The van der Waals surface area contributed by atoms with Crippen molar-refractivity contribution < 1.29 is 4.79 Å². The molecule has 4 rings (SSSR count). The van der Waals surface area contributed by atoms with Crippen LogP contribution < -0.4 is 0 Å². The van der Waals surface area contributed by atoms with Crippen molar-refractivity contribution in [2.45, 2.75) is 45.6 Å². The minimum Gasteiger partial charge on any atom is -0.356 e. The van der Waals surface area contributed by atoms with Crippen molar-refractivity contribution in [3.63, 3.8) is 0 Å². The van der Waals surface area contributed by atoms with Gasteiger partial charge in [0.25, 0.3) is 5.91 Å². The van der Waals surface area contributed by atoms with Gasteiger partial charge in [-0.2, -0.15) is 0 Å². The molecule has 6 heteroatoms. The lowest BCUT2D eigenvalue weighted by Gasteiger charge is -2.34. The lowest BCUT2D eigenvalue weighted by Crippen LogP contribution is -2.38. The Labute approximate surface area is 176 Å². The van der Waals surface area contributed by atoms with Gasteiger partial charge in [0.2, 0.25) is 0 Å². The van der Waals surface area contributed by atoms with E-state index in [0.717, 1.165) is 43.8 Å². The van der Waals surface area contributed by atoms with Crippen molar-refractivity contribution in [3.8, 4) is 0 Å². The maximum atomic E-state index is 13.5.